The number of nitrogens with zero attached hydrogens (tertiary/aromatic N) is 3. The number of nitrogens with one attached hydrogen (secondary N) is 1. The maximum absolute atomic E-state index is 14.9. The van der Waals surface area contributed by atoms with Crippen LogP contribution in [0.15, 0.2) is 47.1 Å². The summed E-state index contributed by atoms with van der Waals surface area (Å²) in [6, 6.07) is 8.38. The summed E-state index contributed by atoms with van der Waals surface area (Å²) in [5.74, 6) is -1.51. The van der Waals surface area contributed by atoms with Crippen LogP contribution in [0.25, 0.3) is 11.3 Å². The molecule has 2 fully saturated rings. The fourth-order valence-electron chi connectivity index (χ4n) is 5.53. The summed E-state index contributed by atoms with van der Waals surface area (Å²) in [6.45, 7) is 1.37. The van der Waals surface area contributed by atoms with E-state index in [0.29, 0.717) is 39.5 Å². The highest BCUT2D eigenvalue weighted by molar-refractivity contribution is 7.85. The van der Waals surface area contributed by atoms with Gasteiger partial charge in [-0.15, -0.1) is 0 Å². The standard InChI is InChI=1S/C31H28Cl2F2N4O7S/c1-16-8-19(34)10-24(33)26(16)27-21(28(46-38-27)17-2-3-17)13-45-20-4-5-22(23(32)11-20)31(41)14-39(15-31)29-25(35)9-18(12-37-29)30(40)36-6-7-47(42,43)44/h4-5,8-12,17,41H,2-3,6-7,13-15H2,1H3,(H,36,40)(H,42,43,44). The van der Waals surface area contributed by atoms with E-state index in [1.165, 1.54) is 17.0 Å². The second-order valence-corrected chi connectivity index (χ2v) is 14.0. The number of ether oxygens (including phenoxy) is 1. The lowest BCUT2D eigenvalue weighted by atomic mass is 9.86. The van der Waals surface area contributed by atoms with Crippen molar-refractivity contribution in [2.24, 2.45) is 0 Å². The molecule has 1 aliphatic heterocycles. The quantitative estimate of drug-likeness (QED) is 0.172. The summed E-state index contributed by atoms with van der Waals surface area (Å²) in [7, 11) is -4.26. The van der Waals surface area contributed by atoms with Gasteiger partial charge in [0.1, 0.15) is 35.2 Å². The number of carbonyl (C=O) groups excluding carboxylic acids is 1. The molecule has 1 saturated heterocycles. The van der Waals surface area contributed by atoms with Crippen LogP contribution in [0.2, 0.25) is 10.0 Å². The molecule has 4 aromatic rings. The molecular formula is C31H28Cl2F2N4O7S. The molecule has 2 aromatic carbocycles. The summed E-state index contributed by atoms with van der Waals surface area (Å²) in [5, 5.41) is 18.2. The molecule has 0 spiro atoms. The number of rotatable bonds is 11. The molecule has 2 aromatic heterocycles. The van der Waals surface area contributed by atoms with Gasteiger partial charge in [-0.2, -0.15) is 8.42 Å². The lowest BCUT2D eigenvalue weighted by Crippen LogP contribution is -2.60. The van der Waals surface area contributed by atoms with Crippen molar-refractivity contribution in [3.8, 4) is 17.0 Å². The smallest absolute Gasteiger partial charge is 0.266 e. The number of benzene rings is 2. The van der Waals surface area contributed by atoms with E-state index >= 15 is 0 Å². The van der Waals surface area contributed by atoms with Crippen molar-refractivity contribution in [2.45, 2.75) is 37.9 Å². The predicted octanol–water partition coefficient (Wildman–Crippen LogP) is 5.41. The van der Waals surface area contributed by atoms with Gasteiger partial charge in [0, 0.05) is 29.8 Å². The molecule has 0 radical (unpaired) electrons. The molecule has 0 bridgehead atoms. The Morgan fingerprint density at radius 1 is 1.17 bits per heavy atom. The monoisotopic (exact) mass is 708 g/mol. The van der Waals surface area contributed by atoms with E-state index in [-0.39, 0.29) is 53.6 Å². The Labute approximate surface area is 278 Å². The zero-order valence-corrected chi connectivity index (χ0v) is 27.1. The topological polar surface area (TPSA) is 155 Å². The first-order chi connectivity index (χ1) is 22.2. The van der Waals surface area contributed by atoms with Crippen LogP contribution in [0.3, 0.4) is 0 Å². The minimum Gasteiger partial charge on any atom is -0.489 e. The number of anilines is 1. The molecule has 16 heteroatoms. The lowest BCUT2D eigenvalue weighted by molar-refractivity contribution is 0.00671. The molecule has 248 valence electrons. The summed E-state index contributed by atoms with van der Waals surface area (Å²) in [4.78, 5) is 17.7. The second kappa shape index (κ2) is 12.7. The minimum absolute atomic E-state index is 0.0384. The SMILES string of the molecule is Cc1cc(F)cc(Cl)c1-c1noc(C2CC2)c1COc1ccc(C2(O)CN(c3ncc(C(=O)NCCS(=O)(=O)O)cc3F)C2)c(Cl)c1. The van der Waals surface area contributed by atoms with Crippen LogP contribution in [0.4, 0.5) is 14.6 Å². The van der Waals surface area contributed by atoms with Gasteiger partial charge < -0.3 is 24.6 Å². The number of aryl methyl sites for hydroxylation is 1. The highest BCUT2D eigenvalue weighted by atomic mass is 35.5. The minimum atomic E-state index is -4.26. The van der Waals surface area contributed by atoms with Crippen molar-refractivity contribution in [2.75, 3.05) is 30.3 Å². The maximum atomic E-state index is 14.9. The van der Waals surface area contributed by atoms with Crippen molar-refractivity contribution < 1.29 is 40.9 Å². The number of amides is 1. The van der Waals surface area contributed by atoms with Gasteiger partial charge in [-0.05, 0) is 55.7 Å². The van der Waals surface area contributed by atoms with Crippen LogP contribution in [0, 0.1) is 18.6 Å². The number of aliphatic hydroxyl groups is 1. The molecule has 0 unspecified atom stereocenters. The molecule has 3 N–H and O–H groups in total. The summed E-state index contributed by atoms with van der Waals surface area (Å²) in [6.07, 6.45) is 3.03. The maximum Gasteiger partial charge on any atom is 0.266 e. The van der Waals surface area contributed by atoms with Crippen LogP contribution in [-0.2, 0) is 22.3 Å². The van der Waals surface area contributed by atoms with E-state index < -0.39 is 39.0 Å². The van der Waals surface area contributed by atoms with Crippen molar-refractivity contribution >= 4 is 45.0 Å². The number of aromatic nitrogens is 2. The highest BCUT2D eigenvalue weighted by Crippen LogP contribution is 2.46. The highest BCUT2D eigenvalue weighted by Gasteiger charge is 2.45. The number of carbonyl (C=O) groups is 1. The lowest BCUT2D eigenvalue weighted by Gasteiger charge is -2.47. The van der Waals surface area contributed by atoms with Gasteiger partial charge in [0.2, 0.25) is 0 Å². The summed E-state index contributed by atoms with van der Waals surface area (Å²) in [5.41, 5.74) is 1.18. The largest absolute Gasteiger partial charge is 0.489 e. The molecule has 3 heterocycles. The van der Waals surface area contributed by atoms with Gasteiger partial charge in [0.15, 0.2) is 11.6 Å². The van der Waals surface area contributed by atoms with Gasteiger partial charge in [-0.25, -0.2) is 13.8 Å². The molecule has 1 saturated carbocycles. The molecular weight excluding hydrogens is 681 g/mol. The van der Waals surface area contributed by atoms with Crippen molar-refractivity contribution in [3.05, 3.63) is 92.3 Å². The first-order valence-electron chi connectivity index (χ1n) is 14.5. The van der Waals surface area contributed by atoms with Gasteiger partial charge in [-0.3, -0.25) is 9.35 Å². The normalized spacial score (nSPS) is 15.8. The fraction of sp³-hybridized carbons (Fsp3) is 0.323. The van der Waals surface area contributed by atoms with Crippen molar-refractivity contribution in [3.63, 3.8) is 0 Å². The molecule has 0 atom stereocenters. The zero-order chi connectivity index (χ0) is 33.7. The van der Waals surface area contributed by atoms with Crippen LogP contribution in [-0.4, -0.2) is 59.5 Å². The van der Waals surface area contributed by atoms with Crippen LogP contribution >= 0.6 is 23.2 Å². The average molecular weight is 710 g/mol. The fourth-order valence-corrected chi connectivity index (χ4v) is 6.58. The summed E-state index contributed by atoms with van der Waals surface area (Å²) >= 11 is 13.0. The number of β-amino-alcohol motifs (C(OH)–C–C–N with tert-alkyl or cyclic N) is 1. The number of pyridine rings is 1. The second-order valence-electron chi connectivity index (χ2n) is 11.6. The van der Waals surface area contributed by atoms with Crippen LogP contribution < -0.4 is 15.0 Å². The zero-order valence-electron chi connectivity index (χ0n) is 24.8. The first kappa shape index (κ1) is 33.1. The van der Waals surface area contributed by atoms with Crippen LogP contribution in [0.1, 0.15) is 51.6 Å². The van der Waals surface area contributed by atoms with Crippen LogP contribution in [0.5, 0.6) is 5.75 Å². The Bertz CT molecular complexity index is 1960. The van der Waals surface area contributed by atoms with Crippen molar-refractivity contribution in [1.82, 2.24) is 15.5 Å². The molecule has 6 rings (SSSR count). The molecule has 1 amide bonds. The Kier molecular flexibility index (Phi) is 8.91. The molecule has 2 aliphatic rings. The Morgan fingerprint density at radius 3 is 2.55 bits per heavy atom. The van der Waals surface area contributed by atoms with E-state index in [4.69, 9.17) is 37.0 Å². The molecule has 1 aliphatic carbocycles. The van der Waals surface area contributed by atoms with E-state index in [0.717, 1.165) is 25.1 Å². The van der Waals surface area contributed by atoms with Gasteiger partial charge >= 0.3 is 0 Å². The average Bonchev–Trinajstić information content (AvgIpc) is 3.73. The number of hydrogen-bond donors (Lipinski definition) is 3. The van der Waals surface area contributed by atoms with Gasteiger partial charge in [0.05, 0.1) is 40.0 Å². The van der Waals surface area contributed by atoms with E-state index in [2.05, 4.69) is 15.5 Å². The van der Waals surface area contributed by atoms with Gasteiger partial charge in [0.25, 0.3) is 16.0 Å². The van der Waals surface area contributed by atoms with Crippen molar-refractivity contribution in [1.29, 1.82) is 0 Å². The van der Waals surface area contributed by atoms with E-state index in [1.807, 2.05) is 0 Å². The first-order valence-corrected chi connectivity index (χ1v) is 16.8. The third-order valence-corrected chi connectivity index (χ3v) is 9.35. The van der Waals surface area contributed by atoms with Gasteiger partial charge in [-0.1, -0.05) is 34.4 Å². The molecule has 47 heavy (non-hydrogen) atoms. The van der Waals surface area contributed by atoms with E-state index in [9.17, 15) is 27.1 Å². The third-order valence-electron chi connectivity index (χ3n) is 8.01. The Hall–Kier alpha value is -3.82. The predicted molar refractivity (Wildman–Crippen MR) is 168 cm³/mol. The summed E-state index contributed by atoms with van der Waals surface area (Å²) < 4.78 is 71.0. The molecule has 11 nitrogen and oxygen atoms in total. The Balaban J connectivity index is 1.12. The Morgan fingerprint density at radius 2 is 1.91 bits per heavy atom. The number of halogens is 4. The number of hydrogen-bond acceptors (Lipinski definition) is 9. The van der Waals surface area contributed by atoms with E-state index in [1.54, 1.807) is 25.1 Å². The third kappa shape index (κ3) is 7.06.